The van der Waals surface area contributed by atoms with Crippen LogP contribution in [-0.2, 0) is 6.42 Å². The van der Waals surface area contributed by atoms with Gasteiger partial charge >= 0.3 is 0 Å². The Morgan fingerprint density at radius 1 is 1.32 bits per heavy atom. The van der Waals surface area contributed by atoms with E-state index in [1.807, 2.05) is 25.1 Å². The molecule has 0 unspecified atom stereocenters. The molecule has 100 valence electrons. The molecule has 3 rings (SSSR count). The van der Waals surface area contributed by atoms with Gasteiger partial charge in [-0.05, 0) is 44.9 Å². The zero-order valence-electron chi connectivity index (χ0n) is 11.1. The maximum atomic E-state index is 5.63. The number of aromatic nitrogens is 3. The van der Waals surface area contributed by atoms with Gasteiger partial charge in [0.1, 0.15) is 5.69 Å². The fraction of sp³-hybridized carbons (Fsp3) is 0.500. The van der Waals surface area contributed by atoms with E-state index in [1.165, 1.54) is 12.8 Å². The first kappa shape index (κ1) is 12.3. The van der Waals surface area contributed by atoms with E-state index in [9.17, 15) is 0 Å². The van der Waals surface area contributed by atoms with Gasteiger partial charge in [-0.2, -0.15) is 0 Å². The summed E-state index contributed by atoms with van der Waals surface area (Å²) in [6.07, 6.45) is 4.49. The molecule has 2 aromatic rings. The Morgan fingerprint density at radius 3 is 3.00 bits per heavy atom. The number of nitrogens with zero attached hydrogens (tertiary/aromatic N) is 3. The average molecular weight is 258 g/mol. The van der Waals surface area contributed by atoms with E-state index >= 15 is 0 Å². The van der Waals surface area contributed by atoms with Gasteiger partial charge < -0.3 is 9.73 Å². The van der Waals surface area contributed by atoms with Crippen molar-refractivity contribution in [1.29, 1.82) is 0 Å². The number of rotatable bonds is 6. The Balaban J connectivity index is 1.56. The molecule has 0 radical (unpaired) electrons. The van der Waals surface area contributed by atoms with Gasteiger partial charge in [-0.1, -0.05) is 6.07 Å². The van der Waals surface area contributed by atoms with Crippen molar-refractivity contribution in [1.82, 2.24) is 20.5 Å². The second-order valence-corrected chi connectivity index (χ2v) is 5.00. The molecular formula is C14H18N4O. The summed E-state index contributed by atoms with van der Waals surface area (Å²) in [6.45, 7) is 2.97. The third-order valence-electron chi connectivity index (χ3n) is 3.15. The van der Waals surface area contributed by atoms with Crippen LogP contribution >= 0.6 is 0 Å². The van der Waals surface area contributed by atoms with Crippen LogP contribution in [0.25, 0.3) is 11.6 Å². The molecule has 0 bridgehead atoms. The first-order valence-electron chi connectivity index (χ1n) is 6.81. The van der Waals surface area contributed by atoms with Crippen LogP contribution in [-0.4, -0.2) is 27.8 Å². The summed E-state index contributed by atoms with van der Waals surface area (Å²) in [5, 5.41) is 11.6. The minimum absolute atomic E-state index is 0.508. The van der Waals surface area contributed by atoms with Crippen LogP contribution in [0.1, 0.15) is 30.8 Å². The molecule has 0 aliphatic heterocycles. The lowest BCUT2D eigenvalue weighted by atomic mass is 10.3. The molecule has 5 nitrogen and oxygen atoms in total. The highest BCUT2D eigenvalue weighted by molar-refractivity contribution is 5.45. The highest BCUT2D eigenvalue weighted by atomic mass is 16.4. The van der Waals surface area contributed by atoms with E-state index < -0.39 is 0 Å². The molecule has 2 heterocycles. The predicted molar refractivity (Wildman–Crippen MR) is 71.6 cm³/mol. The minimum atomic E-state index is 0.508. The van der Waals surface area contributed by atoms with Gasteiger partial charge in [-0.3, -0.25) is 0 Å². The van der Waals surface area contributed by atoms with Crippen molar-refractivity contribution in [3.8, 4) is 11.6 Å². The number of hydrogen-bond acceptors (Lipinski definition) is 5. The van der Waals surface area contributed by atoms with Crippen LogP contribution in [0.5, 0.6) is 0 Å². The molecular weight excluding hydrogens is 240 g/mol. The Labute approximate surface area is 112 Å². The molecule has 0 spiro atoms. The van der Waals surface area contributed by atoms with Gasteiger partial charge in [0.25, 0.3) is 5.89 Å². The topological polar surface area (TPSA) is 63.8 Å². The normalized spacial score (nSPS) is 14.8. The van der Waals surface area contributed by atoms with E-state index in [2.05, 4.69) is 20.5 Å². The SMILES string of the molecule is Cc1cccc(-c2nnc(CCCNC3CC3)o2)n1. The van der Waals surface area contributed by atoms with Gasteiger partial charge in [0.2, 0.25) is 5.89 Å². The third-order valence-corrected chi connectivity index (χ3v) is 3.15. The van der Waals surface area contributed by atoms with Gasteiger partial charge in [-0.25, -0.2) is 4.98 Å². The largest absolute Gasteiger partial charge is 0.419 e. The van der Waals surface area contributed by atoms with Crippen molar-refractivity contribution in [2.24, 2.45) is 0 Å². The molecule has 0 saturated heterocycles. The smallest absolute Gasteiger partial charge is 0.266 e. The maximum Gasteiger partial charge on any atom is 0.266 e. The van der Waals surface area contributed by atoms with Crippen LogP contribution in [0.2, 0.25) is 0 Å². The summed E-state index contributed by atoms with van der Waals surface area (Å²) in [6, 6.07) is 6.54. The third kappa shape index (κ3) is 3.38. The van der Waals surface area contributed by atoms with E-state index in [0.717, 1.165) is 36.8 Å². The van der Waals surface area contributed by atoms with E-state index in [1.54, 1.807) is 0 Å². The summed E-state index contributed by atoms with van der Waals surface area (Å²) in [7, 11) is 0. The summed E-state index contributed by atoms with van der Waals surface area (Å²) in [4.78, 5) is 4.38. The van der Waals surface area contributed by atoms with Gasteiger partial charge in [0.05, 0.1) is 0 Å². The van der Waals surface area contributed by atoms with Crippen molar-refractivity contribution in [3.63, 3.8) is 0 Å². The summed E-state index contributed by atoms with van der Waals surface area (Å²) in [5.74, 6) is 1.20. The lowest BCUT2D eigenvalue weighted by Crippen LogP contribution is -2.17. The molecule has 19 heavy (non-hydrogen) atoms. The molecule has 1 aliphatic carbocycles. The molecule has 0 aromatic carbocycles. The first-order valence-corrected chi connectivity index (χ1v) is 6.81. The number of pyridine rings is 1. The quantitative estimate of drug-likeness (QED) is 0.804. The van der Waals surface area contributed by atoms with Gasteiger partial charge in [0, 0.05) is 18.2 Å². The number of aryl methyl sites for hydroxylation is 2. The second-order valence-electron chi connectivity index (χ2n) is 5.00. The van der Waals surface area contributed by atoms with E-state index in [4.69, 9.17) is 4.42 Å². The highest BCUT2D eigenvalue weighted by Gasteiger charge is 2.19. The second kappa shape index (κ2) is 5.48. The monoisotopic (exact) mass is 258 g/mol. The van der Waals surface area contributed by atoms with Crippen LogP contribution in [0.15, 0.2) is 22.6 Å². The van der Waals surface area contributed by atoms with Gasteiger partial charge in [0.15, 0.2) is 0 Å². The van der Waals surface area contributed by atoms with Crippen molar-refractivity contribution in [2.45, 2.75) is 38.6 Å². The molecule has 0 atom stereocenters. The average Bonchev–Trinajstić information content (AvgIpc) is 3.11. The fourth-order valence-corrected chi connectivity index (χ4v) is 1.95. The molecule has 2 aromatic heterocycles. The van der Waals surface area contributed by atoms with Crippen LogP contribution < -0.4 is 5.32 Å². The van der Waals surface area contributed by atoms with Crippen molar-refractivity contribution in [3.05, 3.63) is 29.8 Å². The van der Waals surface area contributed by atoms with Crippen molar-refractivity contribution < 1.29 is 4.42 Å². The lowest BCUT2D eigenvalue weighted by molar-refractivity contribution is 0.489. The molecule has 1 N–H and O–H groups in total. The van der Waals surface area contributed by atoms with Crippen LogP contribution in [0.3, 0.4) is 0 Å². The molecule has 5 heteroatoms. The zero-order chi connectivity index (χ0) is 13.1. The molecule has 1 aliphatic rings. The van der Waals surface area contributed by atoms with Crippen LogP contribution in [0.4, 0.5) is 0 Å². The summed E-state index contributed by atoms with van der Waals surface area (Å²) >= 11 is 0. The molecule has 1 saturated carbocycles. The minimum Gasteiger partial charge on any atom is -0.419 e. The summed E-state index contributed by atoms with van der Waals surface area (Å²) in [5.41, 5.74) is 1.70. The number of nitrogens with one attached hydrogen (secondary N) is 1. The van der Waals surface area contributed by atoms with Gasteiger partial charge in [-0.15, -0.1) is 10.2 Å². The van der Waals surface area contributed by atoms with E-state index in [0.29, 0.717) is 11.8 Å². The Hall–Kier alpha value is -1.75. The van der Waals surface area contributed by atoms with Crippen molar-refractivity contribution in [2.75, 3.05) is 6.54 Å². The Morgan fingerprint density at radius 2 is 2.21 bits per heavy atom. The Kier molecular flexibility index (Phi) is 3.55. The maximum absolute atomic E-state index is 5.63. The molecule has 0 amide bonds. The standard InChI is InChI=1S/C14H18N4O/c1-10-4-2-5-12(16-10)14-18-17-13(19-14)6-3-9-15-11-7-8-11/h2,4-5,11,15H,3,6-9H2,1H3. The highest BCUT2D eigenvalue weighted by Crippen LogP contribution is 2.19. The van der Waals surface area contributed by atoms with E-state index in [-0.39, 0.29) is 0 Å². The fourth-order valence-electron chi connectivity index (χ4n) is 1.95. The molecule has 1 fully saturated rings. The Bertz CT molecular complexity index is 548. The first-order chi connectivity index (χ1) is 9.31. The zero-order valence-corrected chi connectivity index (χ0v) is 11.1. The lowest BCUT2D eigenvalue weighted by Gasteiger charge is -1.99. The number of hydrogen-bond donors (Lipinski definition) is 1. The van der Waals surface area contributed by atoms with Crippen molar-refractivity contribution >= 4 is 0 Å². The predicted octanol–water partition coefficient (Wildman–Crippen LogP) is 2.12. The van der Waals surface area contributed by atoms with Crippen LogP contribution in [0, 0.1) is 6.92 Å². The summed E-state index contributed by atoms with van der Waals surface area (Å²) < 4.78 is 5.63.